The predicted molar refractivity (Wildman–Crippen MR) is 60.3 cm³/mol. The molecule has 0 spiro atoms. The molecule has 1 aromatic rings. The molecule has 1 aliphatic rings. The Kier molecular flexibility index (Phi) is 2.53. The van der Waals surface area contributed by atoms with Gasteiger partial charge in [0.05, 0.1) is 0 Å². The van der Waals surface area contributed by atoms with Gasteiger partial charge in [-0.05, 0) is 18.1 Å². The van der Waals surface area contributed by atoms with Crippen molar-refractivity contribution in [2.45, 2.75) is 12.5 Å². The number of rotatable bonds is 1. The summed E-state index contributed by atoms with van der Waals surface area (Å²) in [7, 11) is 0. The van der Waals surface area contributed by atoms with Crippen LogP contribution in [0.15, 0.2) is 24.3 Å². The molecule has 2 nitrogen and oxygen atoms in total. The summed E-state index contributed by atoms with van der Waals surface area (Å²) in [5.41, 5.74) is 2.01. The smallest absolute Gasteiger partial charge is 0.251 e. The SMILES string of the molecule is O=C1NC(CI)Cc2ccccc21. The molecule has 0 radical (unpaired) electrons. The number of carbonyl (C=O) groups excluding carboxylic acids is 1. The second-order valence-corrected chi connectivity index (χ2v) is 4.07. The number of fused-ring (bicyclic) bond motifs is 1. The average Bonchev–Trinajstić information content (AvgIpc) is 2.18. The fourth-order valence-corrected chi connectivity index (χ4v) is 2.12. The molecule has 2 rings (SSSR count). The maximum atomic E-state index is 11.5. The molecular formula is C10H10INO. The van der Waals surface area contributed by atoms with Crippen LogP contribution in [0.25, 0.3) is 0 Å². The molecule has 3 heteroatoms. The largest absolute Gasteiger partial charge is 0.348 e. The van der Waals surface area contributed by atoms with Crippen molar-refractivity contribution in [2.24, 2.45) is 0 Å². The second-order valence-electron chi connectivity index (χ2n) is 3.19. The van der Waals surface area contributed by atoms with E-state index in [0.717, 1.165) is 16.4 Å². The minimum atomic E-state index is 0.0727. The van der Waals surface area contributed by atoms with Crippen molar-refractivity contribution < 1.29 is 4.79 Å². The molecule has 1 aliphatic heterocycles. The summed E-state index contributed by atoms with van der Waals surface area (Å²) >= 11 is 2.30. The minimum Gasteiger partial charge on any atom is -0.348 e. The van der Waals surface area contributed by atoms with Crippen LogP contribution in [0, 0.1) is 0 Å². The number of hydrogen-bond acceptors (Lipinski definition) is 1. The van der Waals surface area contributed by atoms with Crippen molar-refractivity contribution in [1.82, 2.24) is 5.32 Å². The van der Waals surface area contributed by atoms with Crippen LogP contribution in [0.3, 0.4) is 0 Å². The number of halogens is 1. The Morgan fingerprint density at radius 2 is 2.23 bits per heavy atom. The second kappa shape index (κ2) is 3.65. The number of benzene rings is 1. The van der Waals surface area contributed by atoms with Crippen molar-refractivity contribution >= 4 is 28.5 Å². The highest BCUT2D eigenvalue weighted by Gasteiger charge is 2.22. The molecule has 68 valence electrons. The maximum absolute atomic E-state index is 11.5. The Balaban J connectivity index is 2.37. The van der Waals surface area contributed by atoms with Gasteiger partial charge in [-0.2, -0.15) is 0 Å². The molecule has 0 saturated heterocycles. The lowest BCUT2D eigenvalue weighted by molar-refractivity contribution is 0.0930. The van der Waals surface area contributed by atoms with Gasteiger partial charge in [-0.25, -0.2) is 0 Å². The van der Waals surface area contributed by atoms with Gasteiger partial charge in [-0.3, -0.25) is 4.79 Å². The zero-order valence-electron chi connectivity index (χ0n) is 7.09. The molecule has 1 atom stereocenters. The van der Waals surface area contributed by atoms with Gasteiger partial charge in [-0.1, -0.05) is 40.8 Å². The van der Waals surface area contributed by atoms with E-state index >= 15 is 0 Å². The van der Waals surface area contributed by atoms with Crippen LogP contribution in [-0.2, 0) is 6.42 Å². The number of carbonyl (C=O) groups is 1. The number of amides is 1. The van der Waals surface area contributed by atoms with Gasteiger partial charge in [0.25, 0.3) is 5.91 Å². The molecule has 0 aromatic heterocycles. The highest BCUT2D eigenvalue weighted by Crippen LogP contribution is 2.16. The maximum Gasteiger partial charge on any atom is 0.251 e. The third kappa shape index (κ3) is 1.70. The van der Waals surface area contributed by atoms with Gasteiger partial charge < -0.3 is 5.32 Å². The Bertz CT molecular complexity index is 337. The van der Waals surface area contributed by atoms with E-state index in [0.29, 0.717) is 6.04 Å². The topological polar surface area (TPSA) is 29.1 Å². The predicted octanol–water partition coefficient (Wildman–Crippen LogP) is 1.78. The summed E-state index contributed by atoms with van der Waals surface area (Å²) in [6.07, 6.45) is 0.963. The van der Waals surface area contributed by atoms with Crippen molar-refractivity contribution in [3.63, 3.8) is 0 Å². The molecule has 0 bridgehead atoms. The van der Waals surface area contributed by atoms with Crippen LogP contribution in [0.5, 0.6) is 0 Å². The van der Waals surface area contributed by atoms with E-state index in [1.54, 1.807) is 0 Å². The zero-order chi connectivity index (χ0) is 9.26. The van der Waals surface area contributed by atoms with Gasteiger partial charge in [0.2, 0.25) is 0 Å². The van der Waals surface area contributed by atoms with E-state index < -0.39 is 0 Å². The molecule has 0 saturated carbocycles. The Labute approximate surface area is 90.9 Å². The van der Waals surface area contributed by atoms with Crippen LogP contribution < -0.4 is 5.32 Å². The first-order valence-electron chi connectivity index (χ1n) is 4.26. The molecule has 1 unspecified atom stereocenters. The molecule has 1 amide bonds. The highest BCUT2D eigenvalue weighted by atomic mass is 127. The summed E-state index contributed by atoms with van der Waals surface area (Å²) in [4.78, 5) is 11.5. The highest BCUT2D eigenvalue weighted by molar-refractivity contribution is 14.1. The summed E-state index contributed by atoms with van der Waals surface area (Å²) in [6.45, 7) is 0. The molecule has 1 aromatic carbocycles. The summed E-state index contributed by atoms with van der Waals surface area (Å²) in [5.74, 6) is 0.0727. The van der Waals surface area contributed by atoms with Crippen LogP contribution >= 0.6 is 22.6 Å². The quantitative estimate of drug-likeness (QED) is 0.619. The standard InChI is InChI=1S/C10H10INO/c11-6-8-5-7-3-1-2-4-9(7)10(13)12-8/h1-4,8H,5-6H2,(H,12,13). The first-order chi connectivity index (χ1) is 6.31. The van der Waals surface area contributed by atoms with E-state index in [-0.39, 0.29) is 5.91 Å². The summed E-state index contributed by atoms with van der Waals surface area (Å²) < 4.78 is 0.970. The van der Waals surface area contributed by atoms with E-state index in [9.17, 15) is 4.79 Å². The summed E-state index contributed by atoms with van der Waals surface area (Å²) in [6, 6.07) is 8.12. The molecule has 1 heterocycles. The average molecular weight is 287 g/mol. The lowest BCUT2D eigenvalue weighted by Crippen LogP contribution is -2.42. The van der Waals surface area contributed by atoms with Gasteiger partial charge in [-0.15, -0.1) is 0 Å². The molecular weight excluding hydrogens is 277 g/mol. The zero-order valence-corrected chi connectivity index (χ0v) is 9.24. The van der Waals surface area contributed by atoms with Crippen molar-refractivity contribution in [3.8, 4) is 0 Å². The van der Waals surface area contributed by atoms with Gasteiger partial charge in [0, 0.05) is 16.0 Å². The fourth-order valence-electron chi connectivity index (χ4n) is 1.59. The van der Waals surface area contributed by atoms with E-state index in [2.05, 4.69) is 27.9 Å². The van der Waals surface area contributed by atoms with Crippen LogP contribution in [0.2, 0.25) is 0 Å². The number of alkyl halides is 1. The third-order valence-corrected chi connectivity index (χ3v) is 3.31. The van der Waals surface area contributed by atoms with Gasteiger partial charge in [0.1, 0.15) is 0 Å². The Morgan fingerprint density at radius 1 is 1.46 bits per heavy atom. The first kappa shape index (κ1) is 8.99. The van der Waals surface area contributed by atoms with Gasteiger partial charge in [0.15, 0.2) is 0 Å². The van der Waals surface area contributed by atoms with Crippen molar-refractivity contribution in [2.75, 3.05) is 4.43 Å². The van der Waals surface area contributed by atoms with Crippen molar-refractivity contribution in [1.29, 1.82) is 0 Å². The normalized spacial score (nSPS) is 20.7. The Morgan fingerprint density at radius 3 is 3.00 bits per heavy atom. The lowest BCUT2D eigenvalue weighted by atomic mass is 9.96. The minimum absolute atomic E-state index is 0.0727. The van der Waals surface area contributed by atoms with E-state index in [1.807, 2.05) is 24.3 Å². The van der Waals surface area contributed by atoms with Crippen LogP contribution in [0.4, 0.5) is 0 Å². The number of nitrogens with one attached hydrogen (secondary N) is 1. The molecule has 1 N–H and O–H groups in total. The fraction of sp³-hybridized carbons (Fsp3) is 0.300. The molecule has 0 fully saturated rings. The van der Waals surface area contributed by atoms with E-state index in [4.69, 9.17) is 0 Å². The molecule has 0 aliphatic carbocycles. The van der Waals surface area contributed by atoms with E-state index in [1.165, 1.54) is 5.56 Å². The third-order valence-electron chi connectivity index (χ3n) is 2.25. The van der Waals surface area contributed by atoms with Crippen LogP contribution in [0.1, 0.15) is 15.9 Å². The number of hydrogen-bond donors (Lipinski definition) is 1. The Hall–Kier alpha value is -0.580. The van der Waals surface area contributed by atoms with Crippen molar-refractivity contribution in [3.05, 3.63) is 35.4 Å². The molecule has 13 heavy (non-hydrogen) atoms. The summed E-state index contributed by atoms with van der Waals surface area (Å²) in [5, 5.41) is 2.98. The van der Waals surface area contributed by atoms with Gasteiger partial charge >= 0.3 is 0 Å². The first-order valence-corrected chi connectivity index (χ1v) is 5.78. The van der Waals surface area contributed by atoms with Crippen LogP contribution in [-0.4, -0.2) is 16.4 Å². The lowest BCUT2D eigenvalue weighted by Gasteiger charge is -2.23. The monoisotopic (exact) mass is 287 g/mol.